The van der Waals surface area contributed by atoms with E-state index in [0.717, 1.165) is 34.1 Å². The van der Waals surface area contributed by atoms with Gasteiger partial charge < -0.3 is 19.0 Å². The molecule has 4 rings (SSSR count). The standard InChI is InChI=1S/C20H24N2O4/c1-13-6-14(2)19-15(9-25-16(19)7-13)8-17(23)22-5-4-20(12-22)11-21(3)18(24)10-26-20/h6-7,9H,4-5,8,10-12H2,1-3H3/t20-/m1/s1. The Labute approximate surface area is 152 Å². The second-order valence-corrected chi connectivity index (χ2v) is 7.68. The minimum absolute atomic E-state index is 0.00367. The van der Waals surface area contributed by atoms with Gasteiger partial charge >= 0.3 is 0 Å². The Hall–Kier alpha value is -2.34. The second-order valence-electron chi connectivity index (χ2n) is 7.68. The van der Waals surface area contributed by atoms with E-state index in [2.05, 4.69) is 6.07 Å². The van der Waals surface area contributed by atoms with Gasteiger partial charge in [-0.2, -0.15) is 0 Å². The lowest BCUT2D eigenvalue weighted by atomic mass is 10.0. The third-order valence-corrected chi connectivity index (χ3v) is 5.56. The van der Waals surface area contributed by atoms with Crippen molar-refractivity contribution in [1.29, 1.82) is 0 Å². The fourth-order valence-corrected chi connectivity index (χ4v) is 4.23. The Bertz CT molecular complexity index is 887. The van der Waals surface area contributed by atoms with Crippen molar-refractivity contribution in [1.82, 2.24) is 9.80 Å². The van der Waals surface area contributed by atoms with E-state index in [1.807, 2.05) is 24.8 Å². The summed E-state index contributed by atoms with van der Waals surface area (Å²) in [5.41, 5.74) is 3.63. The zero-order chi connectivity index (χ0) is 18.5. The summed E-state index contributed by atoms with van der Waals surface area (Å²) in [6.45, 7) is 5.93. The van der Waals surface area contributed by atoms with Crippen molar-refractivity contribution >= 4 is 22.8 Å². The van der Waals surface area contributed by atoms with Gasteiger partial charge in [0, 0.05) is 24.5 Å². The summed E-state index contributed by atoms with van der Waals surface area (Å²) < 4.78 is 11.5. The van der Waals surface area contributed by atoms with Crippen LogP contribution >= 0.6 is 0 Å². The molecule has 1 aromatic heterocycles. The average molecular weight is 356 g/mol. The first-order valence-electron chi connectivity index (χ1n) is 9.00. The Morgan fingerprint density at radius 2 is 2.08 bits per heavy atom. The number of amides is 2. The summed E-state index contributed by atoms with van der Waals surface area (Å²) in [5, 5.41) is 1.04. The topological polar surface area (TPSA) is 63.0 Å². The molecule has 2 saturated heterocycles. The number of carbonyl (C=O) groups is 2. The van der Waals surface area contributed by atoms with Crippen LogP contribution in [0.3, 0.4) is 0 Å². The molecule has 0 aliphatic carbocycles. The molecule has 2 amide bonds. The fourth-order valence-electron chi connectivity index (χ4n) is 4.23. The molecule has 1 spiro atoms. The second kappa shape index (κ2) is 6.13. The van der Waals surface area contributed by atoms with Crippen molar-refractivity contribution in [3.05, 3.63) is 35.1 Å². The maximum atomic E-state index is 12.9. The minimum atomic E-state index is -0.413. The molecule has 1 aromatic carbocycles. The lowest BCUT2D eigenvalue weighted by Crippen LogP contribution is -2.54. The zero-order valence-electron chi connectivity index (χ0n) is 15.5. The molecule has 138 valence electrons. The number of nitrogens with zero attached hydrogens (tertiary/aromatic N) is 2. The van der Waals surface area contributed by atoms with Gasteiger partial charge in [-0.1, -0.05) is 6.07 Å². The highest BCUT2D eigenvalue weighted by Gasteiger charge is 2.45. The van der Waals surface area contributed by atoms with Crippen molar-refractivity contribution in [2.75, 3.05) is 33.3 Å². The summed E-state index contributed by atoms with van der Waals surface area (Å²) in [5.74, 6) is 0.0729. The first kappa shape index (κ1) is 17.1. The van der Waals surface area contributed by atoms with Crippen molar-refractivity contribution in [2.24, 2.45) is 0 Å². The molecule has 2 fully saturated rings. The maximum absolute atomic E-state index is 12.9. The minimum Gasteiger partial charge on any atom is -0.464 e. The number of likely N-dealkylation sites (N-methyl/N-ethyl adjacent to an activating group) is 1. The van der Waals surface area contributed by atoms with Crippen molar-refractivity contribution < 1.29 is 18.7 Å². The van der Waals surface area contributed by atoms with Crippen LogP contribution in [0.2, 0.25) is 0 Å². The number of hydrogen-bond acceptors (Lipinski definition) is 4. The normalized spacial score (nSPS) is 23.4. The van der Waals surface area contributed by atoms with Gasteiger partial charge in [0.1, 0.15) is 17.8 Å². The van der Waals surface area contributed by atoms with Crippen LogP contribution in [-0.2, 0) is 20.7 Å². The Morgan fingerprint density at radius 1 is 1.27 bits per heavy atom. The van der Waals surface area contributed by atoms with Crippen LogP contribution in [0.25, 0.3) is 11.0 Å². The Balaban J connectivity index is 1.49. The van der Waals surface area contributed by atoms with E-state index in [-0.39, 0.29) is 18.4 Å². The van der Waals surface area contributed by atoms with E-state index in [1.54, 1.807) is 18.2 Å². The van der Waals surface area contributed by atoms with E-state index in [9.17, 15) is 9.59 Å². The summed E-state index contributed by atoms with van der Waals surface area (Å²) in [4.78, 5) is 28.1. The molecule has 26 heavy (non-hydrogen) atoms. The van der Waals surface area contributed by atoms with Crippen molar-refractivity contribution in [3.8, 4) is 0 Å². The highest BCUT2D eigenvalue weighted by molar-refractivity contribution is 5.90. The first-order chi connectivity index (χ1) is 12.4. The molecule has 0 saturated carbocycles. The van der Waals surface area contributed by atoms with Gasteiger partial charge in [-0.25, -0.2) is 0 Å². The van der Waals surface area contributed by atoms with Gasteiger partial charge in [-0.3, -0.25) is 9.59 Å². The predicted molar refractivity (Wildman–Crippen MR) is 96.9 cm³/mol. The zero-order valence-corrected chi connectivity index (χ0v) is 15.5. The van der Waals surface area contributed by atoms with E-state index in [4.69, 9.17) is 9.15 Å². The van der Waals surface area contributed by atoms with Crippen LogP contribution in [0.1, 0.15) is 23.1 Å². The SMILES string of the molecule is Cc1cc(C)c2c(CC(=O)N3CC[C@@]4(CN(C)C(=O)CO4)C3)coc2c1. The van der Waals surface area contributed by atoms with Gasteiger partial charge in [-0.05, 0) is 37.5 Å². The average Bonchev–Trinajstić information content (AvgIpc) is 3.16. The lowest BCUT2D eigenvalue weighted by Gasteiger charge is -2.38. The number of furan rings is 1. The van der Waals surface area contributed by atoms with Gasteiger partial charge in [-0.15, -0.1) is 0 Å². The molecule has 2 aromatic rings. The third-order valence-electron chi connectivity index (χ3n) is 5.56. The van der Waals surface area contributed by atoms with E-state index in [0.29, 0.717) is 26.1 Å². The van der Waals surface area contributed by atoms with E-state index in [1.165, 1.54) is 0 Å². The Kier molecular flexibility index (Phi) is 4.03. The summed E-state index contributed by atoms with van der Waals surface area (Å²) in [6.07, 6.45) is 2.78. The summed E-state index contributed by atoms with van der Waals surface area (Å²) in [7, 11) is 1.79. The van der Waals surface area contributed by atoms with Crippen molar-refractivity contribution in [2.45, 2.75) is 32.3 Å². The molecule has 2 aliphatic heterocycles. The van der Waals surface area contributed by atoms with Crippen LogP contribution in [0.5, 0.6) is 0 Å². The number of benzene rings is 1. The molecule has 0 N–H and O–H groups in total. The number of hydrogen-bond donors (Lipinski definition) is 0. The predicted octanol–water partition coefficient (Wildman–Crippen LogP) is 2.05. The molecule has 0 unspecified atom stereocenters. The molecule has 6 nitrogen and oxygen atoms in total. The van der Waals surface area contributed by atoms with Gasteiger partial charge in [0.05, 0.1) is 25.8 Å². The van der Waals surface area contributed by atoms with Crippen LogP contribution < -0.4 is 0 Å². The van der Waals surface area contributed by atoms with Crippen molar-refractivity contribution in [3.63, 3.8) is 0 Å². The first-order valence-corrected chi connectivity index (χ1v) is 9.00. The molecular weight excluding hydrogens is 332 g/mol. The number of ether oxygens (including phenoxy) is 1. The van der Waals surface area contributed by atoms with E-state index < -0.39 is 5.60 Å². The molecule has 0 bridgehead atoms. The van der Waals surface area contributed by atoms with E-state index >= 15 is 0 Å². The van der Waals surface area contributed by atoms with Crippen LogP contribution in [-0.4, -0.2) is 60.5 Å². The quantitative estimate of drug-likeness (QED) is 0.826. The van der Waals surface area contributed by atoms with Gasteiger partial charge in [0.15, 0.2) is 0 Å². The molecule has 3 heterocycles. The fraction of sp³-hybridized carbons (Fsp3) is 0.500. The number of likely N-dealkylation sites (tertiary alicyclic amines) is 1. The summed E-state index contributed by atoms with van der Waals surface area (Å²) in [6, 6.07) is 4.11. The molecule has 6 heteroatoms. The van der Waals surface area contributed by atoms with Gasteiger partial charge in [0.25, 0.3) is 0 Å². The van der Waals surface area contributed by atoms with Gasteiger partial charge in [0.2, 0.25) is 11.8 Å². The molecule has 0 radical (unpaired) electrons. The monoisotopic (exact) mass is 356 g/mol. The molecule has 1 atom stereocenters. The summed E-state index contributed by atoms with van der Waals surface area (Å²) >= 11 is 0. The number of morpholine rings is 1. The van der Waals surface area contributed by atoms with Crippen LogP contribution in [0.15, 0.2) is 22.8 Å². The highest BCUT2D eigenvalue weighted by Crippen LogP contribution is 2.31. The number of rotatable bonds is 2. The molecular formula is C20H24N2O4. The number of aryl methyl sites for hydroxylation is 2. The van der Waals surface area contributed by atoms with Crippen LogP contribution in [0, 0.1) is 13.8 Å². The number of fused-ring (bicyclic) bond motifs is 1. The smallest absolute Gasteiger partial charge is 0.248 e. The third kappa shape index (κ3) is 2.88. The van der Waals surface area contributed by atoms with Crippen LogP contribution in [0.4, 0.5) is 0 Å². The molecule has 2 aliphatic rings. The number of carbonyl (C=O) groups excluding carboxylic acids is 2. The largest absolute Gasteiger partial charge is 0.464 e. The maximum Gasteiger partial charge on any atom is 0.248 e. The highest BCUT2D eigenvalue weighted by atomic mass is 16.5. The Morgan fingerprint density at radius 3 is 2.85 bits per heavy atom. The lowest BCUT2D eigenvalue weighted by molar-refractivity contribution is -0.159.